The molecule has 0 saturated carbocycles. The molecule has 2 N–H and O–H groups in total. The predicted octanol–water partition coefficient (Wildman–Crippen LogP) is 2.33. The van der Waals surface area contributed by atoms with Gasteiger partial charge in [0.15, 0.2) is 0 Å². The average Bonchev–Trinajstić information content (AvgIpc) is 2.46. The second kappa shape index (κ2) is 6.71. The molecule has 2 rings (SSSR count). The van der Waals surface area contributed by atoms with Crippen LogP contribution in [0.5, 0.6) is 0 Å². The van der Waals surface area contributed by atoms with Crippen molar-refractivity contribution >= 4 is 23.3 Å². The van der Waals surface area contributed by atoms with Gasteiger partial charge in [-0.1, -0.05) is 35.6 Å². The highest BCUT2D eigenvalue weighted by molar-refractivity contribution is 6.34. The van der Waals surface area contributed by atoms with E-state index in [0.717, 1.165) is 0 Å². The molecular formula is C15H11ClN2O2. The van der Waals surface area contributed by atoms with Crippen LogP contribution in [-0.4, -0.2) is 22.6 Å². The summed E-state index contributed by atoms with van der Waals surface area (Å²) in [5.41, 5.74) is 1.03. The minimum absolute atomic E-state index is 0.219. The Morgan fingerprint density at radius 3 is 2.90 bits per heavy atom. The summed E-state index contributed by atoms with van der Waals surface area (Å²) in [4.78, 5) is 16.1. The third-order valence-corrected chi connectivity index (χ3v) is 2.76. The predicted molar refractivity (Wildman–Crippen MR) is 77.6 cm³/mol. The highest BCUT2D eigenvalue weighted by Crippen LogP contribution is 2.16. The van der Waals surface area contributed by atoms with Gasteiger partial charge in [0.2, 0.25) is 0 Å². The summed E-state index contributed by atoms with van der Waals surface area (Å²) in [6.07, 6.45) is 1.53. The number of benzene rings is 1. The molecular weight excluding hydrogens is 276 g/mol. The van der Waals surface area contributed by atoms with Crippen molar-refractivity contribution in [1.82, 2.24) is 4.98 Å². The Hall–Kier alpha value is -2.35. The van der Waals surface area contributed by atoms with E-state index in [9.17, 15) is 4.79 Å². The summed E-state index contributed by atoms with van der Waals surface area (Å²) in [5, 5.41) is 11.7. The van der Waals surface area contributed by atoms with Crippen molar-refractivity contribution in [2.24, 2.45) is 0 Å². The summed E-state index contributed by atoms with van der Waals surface area (Å²) in [5.74, 6) is 5.31. The number of anilines is 1. The number of hydrogen-bond acceptors (Lipinski definition) is 3. The van der Waals surface area contributed by atoms with Crippen LogP contribution in [0.1, 0.15) is 15.9 Å². The molecule has 2 aromatic rings. The molecule has 0 radical (unpaired) electrons. The number of pyridine rings is 1. The molecule has 4 nitrogen and oxygen atoms in total. The Morgan fingerprint density at radius 2 is 2.15 bits per heavy atom. The molecule has 5 heteroatoms. The van der Waals surface area contributed by atoms with Crippen molar-refractivity contribution in [2.75, 3.05) is 11.9 Å². The summed E-state index contributed by atoms with van der Waals surface area (Å²) in [6, 6.07) is 10.1. The highest BCUT2D eigenvalue weighted by atomic mass is 35.5. The van der Waals surface area contributed by atoms with Gasteiger partial charge in [0, 0.05) is 11.8 Å². The van der Waals surface area contributed by atoms with E-state index in [4.69, 9.17) is 16.7 Å². The van der Waals surface area contributed by atoms with Crippen LogP contribution in [0.25, 0.3) is 0 Å². The van der Waals surface area contributed by atoms with Gasteiger partial charge in [-0.3, -0.25) is 4.79 Å². The Morgan fingerprint density at radius 1 is 1.35 bits per heavy atom. The monoisotopic (exact) mass is 286 g/mol. The molecule has 1 amide bonds. The van der Waals surface area contributed by atoms with Gasteiger partial charge in [-0.05, 0) is 24.3 Å². The fraction of sp³-hybridized carbons (Fsp3) is 0.0667. The number of aliphatic hydroxyl groups is 1. The number of nitrogens with one attached hydrogen (secondary N) is 1. The SMILES string of the molecule is O=C(Nc1cc(C#CCO)ccn1)c1ccccc1Cl. The van der Waals surface area contributed by atoms with Crippen LogP contribution in [0.4, 0.5) is 5.82 Å². The molecule has 0 saturated heterocycles. The van der Waals surface area contributed by atoms with Gasteiger partial charge in [0.1, 0.15) is 12.4 Å². The topological polar surface area (TPSA) is 62.2 Å². The molecule has 0 bridgehead atoms. The molecule has 1 aromatic carbocycles. The largest absolute Gasteiger partial charge is 0.384 e. The lowest BCUT2D eigenvalue weighted by Crippen LogP contribution is -2.13. The van der Waals surface area contributed by atoms with E-state index < -0.39 is 0 Å². The van der Waals surface area contributed by atoms with E-state index in [1.807, 2.05) is 0 Å². The van der Waals surface area contributed by atoms with Crippen LogP contribution in [-0.2, 0) is 0 Å². The van der Waals surface area contributed by atoms with Gasteiger partial charge in [-0.2, -0.15) is 0 Å². The van der Waals surface area contributed by atoms with Crippen molar-refractivity contribution in [1.29, 1.82) is 0 Å². The first-order valence-electron chi connectivity index (χ1n) is 5.82. The number of aliphatic hydroxyl groups excluding tert-OH is 1. The van der Waals surface area contributed by atoms with Crippen LogP contribution >= 0.6 is 11.6 Å². The summed E-state index contributed by atoms with van der Waals surface area (Å²) in [7, 11) is 0. The van der Waals surface area contributed by atoms with Crippen LogP contribution in [0.2, 0.25) is 5.02 Å². The maximum Gasteiger partial charge on any atom is 0.258 e. The van der Waals surface area contributed by atoms with Crippen LogP contribution < -0.4 is 5.32 Å². The Balaban J connectivity index is 2.18. The molecule has 0 atom stereocenters. The number of amides is 1. The molecule has 20 heavy (non-hydrogen) atoms. The molecule has 100 valence electrons. The van der Waals surface area contributed by atoms with Gasteiger partial charge in [0.05, 0.1) is 10.6 Å². The second-order valence-electron chi connectivity index (χ2n) is 3.82. The second-order valence-corrected chi connectivity index (χ2v) is 4.23. The molecule has 1 aromatic heterocycles. The van der Waals surface area contributed by atoms with Crippen molar-refractivity contribution in [3.8, 4) is 11.8 Å². The number of rotatable bonds is 2. The lowest BCUT2D eigenvalue weighted by atomic mass is 10.2. The summed E-state index contributed by atoms with van der Waals surface area (Å²) in [6.45, 7) is -0.219. The van der Waals surface area contributed by atoms with Crippen molar-refractivity contribution in [3.05, 3.63) is 58.7 Å². The minimum atomic E-state index is -0.338. The van der Waals surface area contributed by atoms with E-state index in [0.29, 0.717) is 22.0 Å². The molecule has 0 fully saturated rings. The lowest BCUT2D eigenvalue weighted by Gasteiger charge is -2.06. The quantitative estimate of drug-likeness (QED) is 0.833. The van der Waals surface area contributed by atoms with Crippen molar-refractivity contribution < 1.29 is 9.90 Å². The van der Waals surface area contributed by atoms with E-state index >= 15 is 0 Å². The van der Waals surface area contributed by atoms with Crippen LogP contribution in [0, 0.1) is 11.8 Å². The number of carbonyl (C=O) groups excluding carboxylic acids is 1. The van der Waals surface area contributed by atoms with E-state index in [2.05, 4.69) is 22.1 Å². The third kappa shape index (κ3) is 3.58. The van der Waals surface area contributed by atoms with Gasteiger partial charge in [-0.25, -0.2) is 4.98 Å². The molecule has 0 aliphatic carbocycles. The summed E-state index contributed by atoms with van der Waals surface area (Å²) < 4.78 is 0. The van der Waals surface area contributed by atoms with Gasteiger partial charge in [-0.15, -0.1) is 0 Å². The number of nitrogens with zero attached hydrogens (tertiary/aromatic N) is 1. The molecule has 0 unspecified atom stereocenters. The van der Waals surface area contributed by atoms with E-state index in [1.54, 1.807) is 36.4 Å². The Kier molecular flexibility index (Phi) is 4.72. The molecule has 0 spiro atoms. The zero-order chi connectivity index (χ0) is 14.4. The van der Waals surface area contributed by atoms with Crippen LogP contribution in [0.15, 0.2) is 42.6 Å². The van der Waals surface area contributed by atoms with Crippen LogP contribution in [0.3, 0.4) is 0 Å². The minimum Gasteiger partial charge on any atom is -0.384 e. The first-order valence-corrected chi connectivity index (χ1v) is 6.20. The zero-order valence-corrected chi connectivity index (χ0v) is 11.2. The molecule has 1 heterocycles. The highest BCUT2D eigenvalue weighted by Gasteiger charge is 2.10. The lowest BCUT2D eigenvalue weighted by molar-refractivity contribution is 0.102. The smallest absolute Gasteiger partial charge is 0.258 e. The zero-order valence-electron chi connectivity index (χ0n) is 10.4. The van der Waals surface area contributed by atoms with Crippen molar-refractivity contribution in [2.45, 2.75) is 0 Å². The first kappa shape index (κ1) is 14.1. The average molecular weight is 287 g/mol. The molecule has 0 aliphatic rings. The molecule has 0 aliphatic heterocycles. The van der Waals surface area contributed by atoms with E-state index in [-0.39, 0.29) is 12.5 Å². The number of hydrogen-bond donors (Lipinski definition) is 2. The number of aromatic nitrogens is 1. The Bertz CT molecular complexity index is 690. The first-order chi connectivity index (χ1) is 9.70. The summed E-state index contributed by atoms with van der Waals surface area (Å²) >= 11 is 5.95. The fourth-order valence-electron chi connectivity index (χ4n) is 1.55. The number of carbonyl (C=O) groups is 1. The van der Waals surface area contributed by atoms with Gasteiger partial charge in [0.25, 0.3) is 5.91 Å². The fourth-order valence-corrected chi connectivity index (χ4v) is 1.77. The van der Waals surface area contributed by atoms with Gasteiger partial charge >= 0.3 is 0 Å². The Labute approximate surface area is 121 Å². The third-order valence-electron chi connectivity index (χ3n) is 2.43. The van der Waals surface area contributed by atoms with Crippen molar-refractivity contribution in [3.63, 3.8) is 0 Å². The normalized spacial score (nSPS) is 9.50. The van der Waals surface area contributed by atoms with Gasteiger partial charge < -0.3 is 10.4 Å². The van der Waals surface area contributed by atoms with E-state index in [1.165, 1.54) is 6.20 Å². The maximum atomic E-state index is 12.0. The maximum absolute atomic E-state index is 12.0. The number of halogens is 1. The standard InChI is InChI=1S/C15H11ClN2O2/c16-13-6-2-1-5-12(13)15(20)18-14-10-11(4-3-9-19)7-8-17-14/h1-2,5-8,10,19H,9H2,(H,17,18,20).